The predicted octanol–water partition coefficient (Wildman–Crippen LogP) is 3.17. The van der Waals surface area contributed by atoms with Crippen LogP contribution in [0.5, 0.6) is 0 Å². The van der Waals surface area contributed by atoms with Crippen LogP contribution in [-0.4, -0.2) is 17.7 Å². The van der Waals surface area contributed by atoms with Gasteiger partial charge in [-0.25, -0.2) is 0 Å². The van der Waals surface area contributed by atoms with Gasteiger partial charge in [-0.15, -0.1) is 0 Å². The van der Waals surface area contributed by atoms with E-state index in [1.807, 2.05) is 13.8 Å². The van der Waals surface area contributed by atoms with E-state index in [9.17, 15) is 0 Å². The maximum atomic E-state index is 5.19. The monoisotopic (exact) mass is 224 g/mol. The van der Waals surface area contributed by atoms with E-state index in [0.29, 0.717) is 12.0 Å². The Morgan fingerprint density at radius 1 is 1.31 bits per heavy atom. The largest absolute Gasteiger partial charge is 0.361 e. The Morgan fingerprint density at radius 3 is 2.50 bits per heavy atom. The number of aromatic nitrogens is 1. The second-order valence-electron chi connectivity index (χ2n) is 4.74. The highest BCUT2D eigenvalue weighted by molar-refractivity contribution is 5.25. The minimum Gasteiger partial charge on any atom is -0.361 e. The molecule has 0 aliphatic rings. The van der Waals surface area contributed by atoms with Crippen LogP contribution in [0.3, 0.4) is 0 Å². The first-order valence-corrected chi connectivity index (χ1v) is 6.22. The fourth-order valence-corrected chi connectivity index (χ4v) is 2.21. The normalized spacial score (nSPS) is 15.1. The van der Waals surface area contributed by atoms with Gasteiger partial charge in [0.1, 0.15) is 5.76 Å². The molecule has 16 heavy (non-hydrogen) atoms. The first-order chi connectivity index (χ1) is 7.56. The standard InChI is InChI=1S/C13H24N2O/c1-6-7-10(3)14-8-9(2)13-11(4)15-16-12(13)5/h9-10,14H,6-8H2,1-5H3. The zero-order chi connectivity index (χ0) is 12.1. The van der Waals surface area contributed by atoms with Gasteiger partial charge in [-0.1, -0.05) is 25.4 Å². The lowest BCUT2D eigenvalue weighted by molar-refractivity contribution is 0.391. The summed E-state index contributed by atoms with van der Waals surface area (Å²) >= 11 is 0. The molecule has 0 amide bonds. The lowest BCUT2D eigenvalue weighted by Gasteiger charge is -2.17. The SMILES string of the molecule is CCCC(C)NCC(C)c1c(C)noc1C. The zero-order valence-corrected chi connectivity index (χ0v) is 11.1. The van der Waals surface area contributed by atoms with Gasteiger partial charge in [-0.2, -0.15) is 0 Å². The van der Waals surface area contributed by atoms with Gasteiger partial charge in [-0.05, 0) is 33.1 Å². The molecule has 2 atom stereocenters. The summed E-state index contributed by atoms with van der Waals surface area (Å²) in [5.74, 6) is 1.42. The van der Waals surface area contributed by atoms with Crippen LogP contribution in [0.25, 0.3) is 0 Å². The molecule has 0 saturated carbocycles. The summed E-state index contributed by atoms with van der Waals surface area (Å²) in [6.45, 7) is 11.7. The molecule has 1 rings (SSSR count). The highest BCUT2D eigenvalue weighted by Crippen LogP contribution is 2.22. The molecule has 3 nitrogen and oxygen atoms in total. The number of rotatable bonds is 6. The molecule has 1 aromatic heterocycles. The molecule has 0 aromatic carbocycles. The Balaban J connectivity index is 2.49. The number of nitrogens with zero attached hydrogens (tertiary/aromatic N) is 1. The molecule has 0 radical (unpaired) electrons. The van der Waals surface area contributed by atoms with E-state index in [1.54, 1.807) is 0 Å². The fraction of sp³-hybridized carbons (Fsp3) is 0.769. The molecular formula is C13H24N2O. The minimum absolute atomic E-state index is 0.463. The van der Waals surface area contributed by atoms with Crippen molar-refractivity contribution in [1.82, 2.24) is 10.5 Å². The number of nitrogens with one attached hydrogen (secondary N) is 1. The van der Waals surface area contributed by atoms with Crippen molar-refractivity contribution in [2.24, 2.45) is 0 Å². The summed E-state index contributed by atoms with van der Waals surface area (Å²) in [5, 5.41) is 7.55. The summed E-state index contributed by atoms with van der Waals surface area (Å²) in [4.78, 5) is 0. The molecule has 1 N–H and O–H groups in total. The first-order valence-electron chi connectivity index (χ1n) is 6.22. The summed E-state index contributed by atoms with van der Waals surface area (Å²) in [7, 11) is 0. The van der Waals surface area contributed by atoms with Gasteiger partial charge < -0.3 is 9.84 Å². The third kappa shape index (κ3) is 3.34. The summed E-state index contributed by atoms with van der Waals surface area (Å²) in [6, 6.07) is 0.591. The van der Waals surface area contributed by atoms with Crippen molar-refractivity contribution in [3.63, 3.8) is 0 Å². The maximum Gasteiger partial charge on any atom is 0.137 e. The Morgan fingerprint density at radius 2 is 2.00 bits per heavy atom. The van der Waals surface area contributed by atoms with Crippen molar-refractivity contribution >= 4 is 0 Å². The molecule has 0 fully saturated rings. The van der Waals surface area contributed by atoms with Crippen LogP contribution in [0.15, 0.2) is 4.52 Å². The van der Waals surface area contributed by atoms with E-state index in [0.717, 1.165) is 18.0 Å². The van der Waals surface area contributed by atoms with Crippen LogP contribution in [0, 0.1) is 13.8 Å². The predicted molar refractivity (Wildman–Crippen MR) is 66.8 cm³/mol. The molecule has 0 bridgehead atoms. The van der Waals surface area contributed by atoms with Crippen molar-refractivity contribution in [1.29, 1.82) is 0 Å². The molecule has 0 saturated heterocycles. The van der Waals surface area contributed by atoms with Crippen LogP contribution in [-0.2, 0) is 0 Å². The first kappa shape index (κ1) is 13.2. The molecule has 1 aromatic rings. The van der Waals surface area contributed by atoms with E-state index < -0.39 is 0 Å². The molecule has 0 aliphatic carbocycles. The van der Waals surface area contributed by atoms with Gasteiger partial charge in [0.25, 0.3) is 0 Å². The molecule has 2 unspecified atom stereocenters. The maximum absolute atomic E-state index is 5.19. The van der Waals surface area contributed by atoms with Crippen molar-refractivity contribution in [3.05, 3.63) is 17.0 Å². The van der Waals surface area contributed by atoms with Gasteiger partial charge in [0.2, 0.25) is 0 Å². The Bertz CT molecular complexity index is 300. The zero-order valence-electron chi connectivity index (χ0n) is 11.1. The summed E-state index contributed by atoms with van der Waals surface area (Å²) in [5.41, 5.74) is 2.28. The third-order valence-corrected chi connectivity index (χ3v) is 3.08. The smallest absolute Gasteiger partial charge is 0.137 e. The van der Waals surface area contributed by atoms with Crippen molar-refractivity contribution in [3.8, 4) is 0 Å². The van der Waals surface area contributed by atoms with E-state index in [-0.39, 0.29) is 0 Å². The van der Waals surface area contributed by atoms with Gasteiger partial charge in [0.05, 0.1) is 5.69 Å². The van der Waals surface area contributed by atoms with E-state index in [1.165, 1.54) is 18.4 Å². The molecule has 0 aliphatic heterocycles. The van der Waals surface area contributed by atoms with Crippen molar-refractivity contribution in [2.75, 3.05) is 6.54 Å². The highest BCUT2D eigenvalue weighted by Gasteiger charge is 2.16. The van der Waals surface area contributed by atoms with Crippen LogP contribution < -0.4 is 5.32 Å². The molecule has 1 heterocycles. The highest BCUT2D eigenvalue weighted by atomic mass is 16.5. The van der Waals surface area contributed by atoms with Crippen LogP contribution >= 0.6 is 0 Å². The van der Waals surface area contributed by atoms with Crippen molar-refractivity contribution in [2.45, 2.75) is 59.4 Å². The lowest BCUT2D eigenvalue weighted by atomic mass is 9.99. The van der Waals surface area contributed by atoms with Crippen molar-refractivity contribution < 1.29 is 4.52 Å². The number of hydrogen-bond donors (Lipinski definition) is 1. The molecular weight excluding hydrogens is 200 g/mol. The van der Waals surface area contributed by atoms with E-state index in [2.05, 4.69) is 31.2 Å². The minimum atomic E-state index is 0.463. The summed E-state index contributed by atoms with van der Waals surface area (Å²) in [6.07, 6.45) is 2.46. The average molecular weight is 224 g/mol. The third-order valence-electron chi connectivity index (χ3n) is 3.08. The van der Waals surface area contributed by atoms with Crippen LogP contribution in [0.1, 0.15) is 56.5 Å². The second kappa shape index (κ2) is 6.04. The Labute approximate surface area is 98.6 Å². The molecule has 92 valence electrons. The second-order valence-corrected chi connectivity index (χ2v) is 4.74. The van der Waals surface area contributed by atoms with Gasteiger partial charge in [-0.3, -0.25) is 0 Å². The Hall–Kier alpha value is -0.830. The van der Waals surface area contributed by atoms with Gasteiger partial charge in [0.15, 0.2) is 0 Å². The quantitative estimate of drug-likeness (QED) is 0.806. The van der Waals surface area contributed by atoms with E-state index in [4.69, 9.17) is 4.52 Å². The van der Waals surface area contributed by atoms with E-state index >= 15 is 0 Å². The number of hydrogen-bond acceptors (Lipinski definition) is 3. The van der Waals surface area contributed by atoms with Crippen LogP contribution in [0.4, 0.5) is 0 Å². The van der Waals surface area contributed by atoms with Gasteiger partial charge >= 0.3 is 0 Å². The van der Waals surface area contributed by atoms with Gasteiger partial charge in [0, 0.05) is 18.2 Å². The fourth-order valence-electron chi connectivity index (χ4n) is 2.21. The molecule has 3 heteroatoms. The molecule has 0 spiro atoms. The summed E-state index contributed by atoms with van der Waals surface area (Å²) < 4.78 is 5.19. The lowest BCUT2D eigenvalue weighted by Crippen LogP contribution is -2.29. The average Bonchev–Trinajstić information content (AvgIpc) is 2.56. The Kier molecular flexibility index (Phi) is 5.00. The topological polar surface area (TPSA) is 38.1 Å². The number of aryl methyl sites for hydroxylation is 2. The van der Waals surface area contributed by atoms with Crippen LogP contribution in [0.2, 0.25) is 0 Å².